The first-order chi connectivity index (χ1) is 13.4. The van der Waals surface area contributed by atoms with Crippen molar-refractivity contribution >= 4 is 23.5 Å². The van der Waals surface area contributed by atoms with E-state index in [0.717, 1.165) is 5.69 Å². The zero-order valence-electron chi connectivity index (χ0n) is 16.1. The van der Waals surface area contributed by atoms with Crippen LogP contribution in [0, 0.1) is 0 Å². The van der Waals surface area contributed by atoms with E-state index < -0.39 is 5.97 Å². The number of anilines is 1. The van der Waals surface area contributed by atoms with Gasteiger partial charge in [0, 0.05) is 32.7 Å². The first-order valence-corrected chi connectivity index (χ1v) is 9.19. The average Bonchev–Trinajstić information content (AvgIpc) is 2.69. The normalized spacial score (nSPS) is 18.9. The maximum atomic E-state index is 12.7. The van der Waals surface area contributed by atoms with E-state index in [1.165, 1.54) is 11.9 Å². The van der Waals surface area contributed by atoms with Crippen LogP contribution in [0.3, 0.4) is 0 Å². The van der Waals surface area contributed by atoms with E-state index in [1.807, 2.05) is 11.9 Å². The molecule has 1 saturated heterocycles. The summed E-state index contributed by atoms with van der Waals surface area (Å²) in [4.78, 5) is 40.7. The molecule has 2 aliphatic heterocycles. The summed E-state index contributed by atoms with van der Waals surface area (Å²) in [5.41, 5.74) is 1.30. The summed E-state index contributed by atoms with van der Waals surface area (Å²) in [5, 5.41) is 8.84. The Kier molecular flexibility index (Phi) is 6.03. The minimum Gasteiger partial charge on any atom is -0.489 e. The Balaban J connectivity index is 1.72. The number of carboxylic acid groups (broad SMARTS) is 1. The third-order valence-electron chi connectivity index (χ3n) is 5.07. The predicted molar refractivity (Wildman–Crippen MR) is 101 cm³/mol. The molecule has 0 unspecified atom stereocenters. The molecule has 0 aromatic heterocycles. The van der Waals surface area contributed by atoms with E-state index in [9.17, 15) is 14.4 Å². The molecule has 9 nitrogen and oxygen atoms in total. The van der Waals surface area contributed by atoms with Crippen LogP contribution in [0.15, 0.2) is 18.2 Å². The van der Waals surface area contributed by atoms with Gasteiger partial charge in [0.2, 0.25) is 5.91 Å². The molecular formula is C19H25N3O6. The second kappa shape index (κ2) is 8.47. The zero-order valence-corrected chi connectivity index (χ0v) is 16.1. The Morgan fingerprint density at radius 2 is 1.96 bits per heavy atom. The molecule has 9 heteroatoms. The van der Waals surface area contributed by atoms with Crippen molar-refractivity contribution in [3.05, 3.63) is 23.8 Å². The third-order valence-corrected chi connectivity index (χ3v) is 5.07. The number of hydrogen-bond donors (Lipinski definition) is 1. The number of carboxylic acids is 1. The van der Waals surface area contributed by atoms with E-state index in [0.29, 0.717) is 44.2 Å². The fourth-order valence-electron chi connectivity index (χ4n) is 3.34. The number of nitrogens with zero attached hydrogens (tertiary/aromatic N) is 3. The highest BCUT2D eigenvalue weighted by Gasteiger charge is 2.29. The number of rotatable bonds is 5. The molecule has 0 saturated carbocycles. The van der Waals surface area contributed by atoms with Gasteiger partial charge in [-0.3, -0.25) is 14.4 Å². The first kappa shape index (κ1) is 19.9. The molecule has 3 rings (SSSR count). The molecule has 2 aliphatic rings. The molecule has 152 valence electrons. The highest BCUT2D eigenvalue weighted by atomic mass is 16.5. The largest absolute Gasteiger partial charge is 0.489 e. The standard InChI is InChI=1S/C19H25N3O6/c1-20(11-18(24)25)17(23)10-14-12-28-16-4-3-13(9-15(16)21(14)2)19(26)22-5-7-27-8-6-22/h3-4,9,14H,5-8,10-12H2,1-2H3,(H,24,25)/t14-/m0/s1. The lowest BCUT2D eigenvalue weighted by atomic mass is 10.1. The van der Waals surface area contributed by atoms with Crippen molar-refractivity contribution in [2.75, 3.05) is 58.5 Å². The number of morpholine rings is 1. The summed E-state index contributed by atoms with van der Waals surface area (Å²) in [6.45, 7) is 2.17. The van der Waals surface area contributed by atoms with Gasteiger partial charge in [0.1, 0.15) is 18.9 Å². The number of ether oxygens (including phenoxy) is 2. The van der Waals surface area contributed by atoms with E-state index in [2.05, 4.69) is 0 Å². The van der Waals surface area contributed by atoms with Crippen molar-refractivity contribution < 1.29 is 29.0 Å². The van der Waals surface area contributed by atoms with Crippen LogP contribution in [0.5, 0.6) is 5.75 Å². The first-order valence-electron chi connectivity index (χ1n) is 9.19. The monoisotopic (exact) mass is 391 g/mol. The fourth-order valence-corrected chi connectivity index (χ4v) is 3.34. The van der Waals surface area contributed by atoms with E-state index in [4.69, 9.17) is 14.6 Å². The van der Waals surface area contributed by atoms with Crippen LogP contribution in [0.4, 0.5) is 5.69 Å². The zero-order chi connectivity index (χ0) is 20.3. The topological polar surface area (TPSA) is 99.6 Å². The minimum absolute atomic E-state index is 0.0566. The van der Waals surface area contributed by atoms with Crippen molar-refractivity contribution in [2.45, 2.75) is 12.5 Å². The number of carbonyl (C=O) groups excluding carboxylic acids is 2. The van der Waals surface area contributed by atoms with Gasteiger partial charge in [-0.1, -0.05) is 0 Å². The van der Waals surface area contributed by atoms with Gasteiger partial charge in [-0.15, -0.1) is 0 Å². The number of amides is 2. The number of carbonyl (C=O) groups is 3. The van der Waals surface area contributed by atoms with Crippen LogP contribution in [-0.4, -0.2) is 92.3 Å². The Labute approximate surface area is 163 Å². The molecule has 0 aliphatic carbocycles. The Bertz CT molecular complexity index is 762. The molecule has 1 N–H and O–H groups in total. The van der Waals surface area contributed by atoms with Crippen LogP contribution in [-0.2, 0) is 14.3 Å². The quantitative estimate of drug-likeness (QED) is 0.770. The SMILES string of the molecule is CN(CC(=O)O)C(=O)C[C@H]1COc2ccc(C(=O)N3CCOCC3)cc2N1C. The van der Waals surface area contributed by atoms with Crippen LogP contribution in [0.1, 0.15) is 16.8 Å². The highest BCUT2D eigenvalue weighted by molar-refractivity contribution is 5.96. The third kappa shape index (κ3) is 4.36. The molecule has 0 spiro atoms. The molecule has 1 fully saturated rings. The van der Waals surface area contributed by atoms with Crippen LogP contribution >= 0.6 is 0 Å². The lowest BCUT2D eigenvalue weighted by molar-refractivity contribution is -0.143. The number of fused-ring (bicyclic) bond motifs is 1. The molecule has 28 heavy (non-hydrogen) atoms. The lowest BCUT2D eigenvalue weighted by Crippen LogP contribution is -2.45. The summed E-state index contributed by atoms with van der Waals surface area (Å²) >= 11 is 0. The number of likely N-dealkylation sites (N-methyl/N-ethyl adjacent to an activating group) is 2. The van der Waals surface area contributed by atoms with Crippen LogP contribution in [0.25, 0.3) is 0 Å². The predicted octanol–water partition coefficient (Wildman–Crippen LogP) is 0.289. The van der Waals surface area contributed by atoms with Gasteiger partial charge in [-0.05, 0) is 18.2 Å². The van der Waals surface area contributed by atoms with Gasteiger partial charge in [-0.25, -0.2) is 0 Å². The Morgan fingerprint density at radius 1 is 1.25 bits per heavy atom. The van der Waals surface area contributed by atoms with Crippen molar-refractivity contribution in [2.24, 2.45) is 0 Å². The molecular weight excluding hydrogens is 366 g/mol. The molecule has 0 bridgehead atoms. The van der Waals surface area contributed by atoms with Gasteiger partial charge in [0.15, 0.2) is 0 Å². The Morgan fingerprint density at radius 3 is 2.64 bits per heavy atom. The Hall–Kier alpha value is -2.81. The molecule has 0 radical (unpaired) electrons. The number of benzene rings is 1. The molecule has 2 amide bonds. The summed E-state index contributed by atoms with van der Waals surface area (Å²) in [6, 6.07) is 5.06. The minimum atomic E-state index is -1.05. The van der Waals surface area contributed by atoms with Gasteiger partial charge in [0.05, 0.1) is 31.4 Å². The van der Waals surface area contributed by atoms with Gasteiger partial charge in [0.25, 0.3) is 5.91 Å². The smallest absolute Gasteiger partial charge is 0.323 e. The van der Waals surface area contributed by atoms with E-state index in [-0.39, 0.29) is 30.8 Å². The van der Waals surface area contributed by atoms with Gasteiger partial charge >= 0.3 is 5.97 Å². The van der Waals surface area contributed by atoms with Gasteiger partial charge < -0.3 is 29.3 Å². The van der Waals surface area contributed by atoms with E-state index >= 15 is 0 Å². The maximum absolute atomic E-state index is 12.7. The van der Waals surface area contributed by atoms with Crippen molar-refractivity contribution in [1.29, 1.82) is 0 Å². The van der Waals surface area contributed by atoms with Crippen molar-refractivity contribution in [1.82, 2.24) is 9.80 Å². The number of aliphatic carboxylic acids is 1. The molecule has 2 heterocycles. The molecule has 1 aromatic rings. The summed E-state index contributed by atoms with van der Waals surface area (Å²) < 4.78 is 11.1. The maximum Gasteiger partial charge on any atom is 0.323 e. The summed E-state index contributed by atoms with van der Waals surface area (Å²) in [6.07, 6.45) is 0.126. The number of hydrogen-bond acceptors (Lipinski definition) is 6. The highest BCUT2D eigenvalue weighted by Crippen LogP contribution is 2.35. The second-order valence-corrected chi connectivity index (χ2v) is 7.01. The van der Waals surface area contributed by atoms with Crippen molar-refractivity contribution in [3.63, 3.8) is 0 Å². The molecule has 1 aromatic carbocycles. The van der Waals surface area contributed by atoms with Gasteiger partial charge in [-0.2, -0.15) is 0 Å². The second-order valence-electron chi connectivity index (χ2n) is 7.01. The van der Waals surface area contributed by atoms with E-state index in [1.54, 1.807) is 23.1 Å². The van der Waals surface area contributed by atoms with Crippen LogP contribution in [0.2, 0.25) is 0 Å². The fraction of sp³-hybridized carbons (Fsp3) is 0.526. The molecule has 1 atom stereocenters. The lowest BCUT2D eigenvalue weighted by Gasteiger charge is -2.36. The van der Waals surface area contributed by atoms with Crippen LogP contribution < -0.4 is 9.64 Å². The average molecular weight is 391 g/mol. The van der Waals surface area contributed by atoms with Crippen molar-refractivity contribution in [3.8, 4) is 5.75 Å². The summed E-state index contributed by atoms with van der Waals surface area (Å²) in [7, 11) is 3.31. The summed E-state index contributed by atoms with van der Waals surface area (Å²) in [5.74, 6) is -0.727.